The average Bonchev–Trinajstić information content (AvgIpc) is 2.24. The van der Waals surface area contributed by atoms with Gasteiger partial charge >= 0.3 is 6.18 Å². The van der Waals surface area contributed by atoms with Gasteiger partial charge in [-0.05, 0) is 32.9 Å². The molecule has 0 aliphatic rings. The van der Waals surface area contributed by atoms with Crippen LogP contribution in [-0.4, -0.2) is 23.7 Å². The Labute approximate surface area is 110 Å². The molecule has 1 aromatic rings. The molecule has 1 aromatic heterocycles. The average molecular weight is 277 g/mol. The van der Waals surface area contributed by atoms with E-state index in [-0.39, 0.29) is 11.6 Å². The van der Waals surface area contributed by atoms with Crippen LogP contribution < -0.4 is 11.1 Å². The molecule has 0 unspecified atom stereocenters. The molecule has 1 heterocycles. The largest absolute Gasteiger partial charge is 0.416 e. The normalized spacial score (nSPS) is 12.5. The number of nitrogens with zero attached hydrogens (tertiary/aromatic N) is 1. The van der Waals surface area contributed by atoms with Crippen molar-refractivity contribution in [2.24, 2.45) is 0 Å². The van der Waals surface area contributed by atoms with E-state index in [2.05, 4.69) is 10.3 Å². The fraction of sp³-hybridized carbons (Fsp3) is 0.583. The molecular formula is C12H18F3N3O. The third-order valence-corrected chi connectivity index (χ3v) is 2.40. The van der Waals surface area contributed by atoms with Gasteiger partial charge in [-0.25, -0.2) is 4.98 Å². The number of alkyl halides is 3. The first-order chi connectivity index (χ1) is 8.64. The van der Waals surface area contributed by atoms with Gasteiger partial charge in [0.15, 0.2) is 0 Å². The molecule has 0 aromatic carbocycles. The van der Waals surface area contributed by atoms with Crippen molar-refractivity contribution in [3.8, 4) is 0 Å². The zero-order valence-corrected chi connectivity index (χ0v) is 11.1. The van der Waals surface area contributed by atoms with E-state index in [1.807, 2.05) is 20.8 Å². The van der Waals surface area contributed by atoms with Crippen LogP contribution in [0.5, 0.6) is 0 Å². The molecule has 0 fully saturated rings. The quantitative estimate of drug-likeness (QED) is 0.868. The molecule has 7 heteroatoms. The van der Waals surface area contributed by atoms with E-state index in [0.29, 0.717) is 13.2 Å². The van der Waals surface area contributed by atoms with Gasteiger partial charge in [-0.1, -0.05) is 0 Å². The second-order valence-corrected chi connectivity index (χ2v) is 4.71. The third-order valence-electron chi connectivity index (χ3n) is 2.40. The first-order valence-corrected chi connectivity index (χ1v) is 5.86. The zero-order chi connectivity index (χ0) is 14.7. The molecule has 0 aliphatic carbocycles. The highest BCUT2D eigenvalue weighted by Crippen LogP contribution is 2.31. The van der Waals surface area contributed by atoms with E-state index in [1.54, 1.807) is 0 Å². The van der Waals surface area contributed by atoms with Crippen LogP contribution in [0.3, 0.4) is 0 Å². The van der Waals surface area contributed by atoms with Crippen molar-refractivity contribution in [1.29, 1.82) is 0 Å². The Morgan fingerprint density at radius 3 is 2.47 bits per heavy atom. The topological polar surface area (TPSA) is 60.2 Å². The minimum absolute atomic E-state index is 0.0834. The Hall–Kier alpha value is -1.50. The molecule has 3 N–H and O–H groups in total. The minimum Gasteiger partial charge on any atom is -0.384 e. The highest BCUT2D eigenvalue weighted by atomic mass is 19.4. The van der Waals surface area contributed by atoms with Gasteiger partial charge in [0.2, 0.25) is 0 Å². The number of ether oxygens (including phenoxy) is 1. The van der Waals surface area contributed by atoms with E-state index >= 15 is 0 Å². The Kier molecular flexibility index (Phi) is 4.62. The fourth-order valence-corrected chi connectivity index (χ4v) is 1.55. The Bertz CT molecular complexity index is 433. The SMILES string of the molecule is CCOC(C)(C)CNc1cc(C(F)(F)F)cc(N)n1. The number of aromatic nitrogens is 1. The molecule has 4 nitrogen and oxygen atoms in total. The summed E-state index contributed by atoms with van der Waals surface area (Å²) in [6.07, 6.45) is -4.44. The van der Waals surface area contributed by atoms with E-state index in [1.165, 1.54) is 0 Å². The fourth-order valence-electron chi connectivity index (χ4n) is 1.55. The number of halogens is 3. The Balaban J connectivity index is 2.82. The number of nitrogen functional groups attached to an aromatic ring is 1. The molecule has 0 amide bonds. The van der Waals surface area contributed by atoms with Gasteiger partial charge in [0, 0.05) is 13.2 Å². The van der Waals surface area contributed by atoms with Gasteiger partial charge in [-0.3, -0.25) is 0 Å². The van der Waals surface area contributed by atoms with E-state index < -0.39 is 17.3 Å². The molecule has 0 spiro atoms. The van der Waals surface area contributed by atoms with Crippen molar-refractivity contribution in [2.45, 2.75) is 32.5 Å². The minimum atomic E-state index is -4.44. The molecule has 0 saturated carbocycles. The van der Waals surface area contributed by atoms with E-state index in [4.69, 9.17) is 10.5 Å². The number of pyridine rings is 1. The summed E-state index contributed by atoms with van der Waals surface area (Å²) in [6.45, 7) is 6.37. The van der Waals surface area contributed by atoms with Crippen molar-refractivity contribution in [3.63, 3.8) is 0 Å². The number of nitrogens with two attached hydrogens (primary N) is 1. The summed E-state index contributed by atoms with van der Waals surface area (Å²) in [5, 5.41) is 2.81. The van der Waals surface area contributed by atoms with Crippen molar-refractivity contribution >= 4 is 11.6 Å². The van der Waals surface area contributed by atoms with Gasteiger partial charge in [0.1, 0.15) is 11.6 Å². The maximum Gasteiger partial charge on any atom is 0.416 e. The first-order valence-electron chi connectivity index (χ1n) is 5.86. The summed E-state index contributed by atoms with van der Waals surface area (Å²) in [5.41, 5.74) is 4.05. The van der Waals surface area contributed by atoms with Crippen molar-refractivity contribution < 1.29 is 17.9 Å². The molecule has 1 rings (SSSR count). The van der Waals surface area contributed by atoms with Crippen LogP contribution in [-0.2, 0) is 10.9 Å². The summed E-state index contributed by atoms with van der Waals surface area (Å²) in [4.78, 5) is 3.82. The highest BCUT2D eigenvalue weighted by molar-refractivity contribution is 5.47. The molecule has 0 aliphatic heterocycles. The van der Waals surface area contributed by atoms with Gasteiger partial charge in [-0.15, -0.1) is 0 Å². The van der Waals surface area contributed by atoms with Gasteiger partial charge in [0.25, 0.3) is 0 Å². The zero-order valence-electron chi connectivity index (χ0n) is 11.1. The molecule has 0 radical (unpaired) electrons. The monoisotopic (exact) mass is 277 g/mol. The third kappa shape index (κ3) is 4.94. The first kappa shape index (κ1) is 15.6. The molecule has 0 bridgehead atoms. The maximum atomic E-state index is 12.6. The second kappa shape index (κ2) is 5.64. The summed E-state index contributed by atoms with van der Waals surface area (Å²) in [6, 6.07) is 1.73. The highest BCUT2D eigenvalue weighted by Gasteiger charge is 2.31. The van der Waals surface area contributed by atoms with Crippen LogP contribution in [0.1, 0.15) is 26.3 Å². The number of nitrogens with one attached hydrogen (secondary N) is 1. The van der Waals surface area contributed by atoms with Crippen molar-refractivity contribution in [2.75, 3.05) is 24.2 Å². The van der Waals surface area contributed by atoms with Crippen molar-refractivity contribution in [1.82, 2.24) is 4.98 Å². The van der Waals surface area contributed by atoms with Crippen LogP contribution in [0.4, 0.5) is 24.8 Å². The lowest BCUT2D eigenvalue weighted by Gasteiger charge is -2.25. The standard InChI is InChI=1S/C12H18F3N3O/c1-4-19-11(2,3)7-17-10-6-8(12(13,14)15)5-9(16)18-10/h5-6H,4,7H2,1-3H3,(H3,16,17,18). The molecule has 108 valence electrons. The summed E-state index contributed by atoms with van der Waals surface area (Å²) < 4.78 is 43.3. The van der Waals surface area contributed by atoms with Gasteiger partial charge < -0.3 is 15.8 Å². The summed E-state index contributed by atoms with van der Waals surface area (Å²) >= 11 is 0. The number of rotatable bonds is 5. The summed E-state index contributed by atoms with van der Waals surface area (Å²) in [7, 11) is 0. The van der Waals surface area contributed by atoms with Crippen LogP contribution in [0.25, 0.3) is 0 Å². The van der Waals surface area contributed by atoms with Crippen LogP contribution >= 0.6 is 0 Å². The molecule has 0 atom stereocenters. The second-order valence-electron chi connectivity index (χ2n) is 4.71. The smallest absolute Gasteiger partial charge is 0.384 e. The van der Waals surface area contributed by atoms with Gasteiger partial charge in [0.05, 0.1) is 11.2 Å². The number of hydrogen-bond donors (Lipinski definition) is 2. The van der Waals surface area contributed by atoms with Crippen LogP contribution in [0.15, 0.2) is 12.1 Å². The predicted octanol–water partition coefficient (Wildman–Crippen LogP) is 2.91. The summed E-state index contributed by atoms with van der Waals surface area (Å²) in [5.74, 6) is -0.0911. The van der Waals surface area contributed by atoms with Crippen LogP contribution in [0, 0.1) is 0 Å². The molecular weight excluding hydrogens is 259 g/mol. The lowest BCUT2D eigenvalue weighted by atomic mass is 10.1. The lowest BCUT2D eigenvalue weighted by molar-refractivity contribution is -0.137. The Morgan fingerprint density at radius 2 is 1.95 bits per heavy atom. The van der Waals surface area contributed by atoms with Crippen molar-refractivity contribution in [3.05, 3.63) is 17.7 Å². The predicted molar refractivity (Wildman–Crippen MR) is 67.8 cm³/mol. The maximum absolute atomic E-state index is 12.6. The Morgan fingerprint density at radius 1 is 1.32 bits per heavy atom. The van der Waals surface area contributed by atoms with E-state index in [9.17, 15) is 13.2 Å². The number of anilines is 2. The molecule has 19 heavy (non-hydrogen) atoms. The van der Waals surface area contributed by atoms with Crippen LogP contribution in [0.2, 0.25) is 0 Å². The van der Waals surface area contributed by atoms with E-state index in [0.717, 1.165) is 12.1 Å². The molecule has 0 saturated heterocycles. The lowest BCUT2D eigenvalue weighted by Crippen LogP contribution is -2.33. The number of hydrogen-bond acceptors (Lipinski definition) is 4. The van der Waals surface area contributed by atoms with Gasteiger partial charge in [-0.2, -0.15) is 13.2 Å².